The standard InChI is InChI=1S/C23H16FN3O5S2/c24-16-9-8-15(27(30)31)11-17(16)25-20(28)13-32-21(29)12-19-22(18-7-4-10-33-18)26-23(34-19)14-5-2-1-3-6-14/h1-11H,12-13H2,(H,25,28). The lowest BCUT2D eigenvalue weighted by molar-refractivity contribution is -0.384. The van der Waals surface area contributed by atoms with E-state index in [0.29, 0.717) is 10.6 Å². The molecule has 0 atom stereocenters. The Morgan fingerprint density at radius 2 is 1.91 bits per heavy atom. The van der Waals surface area contributed by atoms with E-state index in [1.54, 1.807) is 0 Å². The molecule has 1 amide bonds. The maximum Gasteiger partial charge on any atom is 0.311 e. The summed E-state index contributed by atoms with van der Waals surface area (Å²) in [5.74, 6) is -2.32. The Bertz CT molecular complexity index is 1340. The zero-order valence-electron chi connectivity index (χ0n) is 17.4. The Morgan fingerprint density at radius 3 is 2.62 bits per heavy atom. The number of nitro benzene ring substituents is 1. The van der Waals surface area contributed by atoms with Crippen molar-refractivity contribution in [3.05, 3.63) is 86.9 Å². The van der Waals surface area contributed by atoms with Gasteiger partial charge in [-0.15, -0.1) is 22.7 Å². The zero-order valence-corrected chi connectivity index (χ0v) is 19.0. The molecule has 0 unspecified atom stereocenters. The highest BCUT2D eigenvalue weighted by Gasteiger charge is 2.20. The number of carbonyl (C=O) groups excluding carboxylic acids is 2. The minimum Gasteiger partial charge on any atom is -0.455 e. The molecule has 2 aromatic heterocycles. The van der Waals surface area contributed by atoms with E-state index in [-0.39, 0.29) is 17.8 Å². The SMILES string of the molecule is O=C(COC(=O)Cc1sc(-c2ccccc2)nc1-c1cccs1)Nc1cc([N+](=O)[O-])ccc1F. The largest absolute Gasteiger partial charge is 0.455 e. The summed E-state index contributed by atoms with van der Waals surface area (Å²) in [4.78, 5) is 41.0. The molecule has 172 valence electrons. The van der Waals surface area contributed by atoms with Crippen molar-refractivity contribution in [1.82, 2.24) is 4.98 Å². The number of esters is 1. The van der Waals surface area contributed by atoms with Crippen molar-refractivity contribution in [2.24, 2.45) is 0 Å². The van der Waals surface area contributed by atoms with Crippen molar-refractivity contribution in [3.8, 4) is 21.1 Å². The molecule has 34 heavy (non-hydrogen) atoms. The maximum absolute atomic E-state index is 13.9. The van der Waals surface area contributed by atoms with Crippen LogP contribution in [-0.4, -0.2) is 28.4 Å². The smallest absolute Gasteiger partial charge is 0.311 e. The van der Waals surface area contributed by atoms with Crippen LogP contribution in [0.3, 0.4) is 0 Å². The first kappa shape index (κ1) is 23.2. The van der Waals surface area contributed by atoms with Crippen LogP contribution in [0.1, 0.15) is 4.88 Å². The van der Waals surface area contributed by atoms with Crippen LogP contribution in [0.25, 0.3) is 21.1 Å². The number of hydrogen-bond donors (Lipinski definition) is 1. The van der Waals surface area contributed by atoms with Crippen LogP contribution in [0.2, 0.25) is 0 Å². The van der Waals surface area contributed by atoms with E-state index in [2.05, 4.69) is 5.32 Å². The van der Waals surface area contributed by atoms with E-state index < -0.39 is 29.2 Å². The first-order valence-electron chi connectivity index (χ1n) is 9.89. The third kappa shape index (κ3) is 5.50. The summed E-state index contributed by atoms with van der Waals surface area (Å²) in [6, 6.07) is 16.1. The summed E-state index contributed by atoms with van der Waals surface area (Å²) in [5, 5.41) is 15.7. The molecule has 0 aliphatic rings. The Labute approximate surface area is 200 Å². The number of carbonyl (C=O) groups is 2. The number of thiazole rings is 1. The fourth-order valence-electron chi connectivity index (χ4n) is 3.02. The predicted octanol–water partition coefficient (Wildman–Crippen LogP) is 5.31. The molecule has 2 heterocycles. The van der Waals surface area contributed by atoms with Gasteiger partial charge in [0.05, 0.1) is 27.6 Å². The number of non-ortho nitro benzene ring substituents is 1. The van der Waals surface area contributed by atoms with Gasteiger partial charge < -0.3 is 10.1 Å². The van der Waals surface area contributed by atoms with Gasteiger partial charge in [0.25, 0.3) is 11.6 Å². The molecule has 0 spiro atoms. The number of hydrogen-bond acceptors (Lipinski definition) is 8. The van der Waals surface area contributed by atoms with Crippen LogP contribution in [-0.2, 0) is 20.7 Å². The minimum absolute atomic E-state index is 0.101. The van der Waals surface area contributed by atoms with Crippen molar-refractivity contribution in [2.75, 3.05) is 11.9 Å². The number of amides is 1. The average Bonchev–Trinajstić information content (AvgIpc) is 3.50. The van der Waals surface area contributed by atoms with E-state index in [0.717, 1.165) is 33.6 Å². The number of nitrogens with zero attached hydrogens (tertiary/aromatic N) is 2. The molecule has 0 aliphatic heterocycles. The Morgan fingerprint density at radius 1 is 1.12 bits per heavy atom. The van der Waals surface area contributed by atoms with E-state index in [1.807, 2.05) is 47.8 Å². The lowest BCUT2D eigenvalue weighted by Gasteiger charge is -2.07. The number of thiophene rings is 1. The molecule has 2 aromatic carbocycles. The van der Waals surface area contributed by atoms with Crippen molar-refractivity contribution in [3.63, 3.8) is 0 Å². The molecule has 0 aliphatic carbocycles. The summed E-state index contributed by atoms with van der Waals surface area (Å²) >= 11 is 2.86. The summed E-state index contributed by atoms with van der Waals surface area (Å²) in [7, 11) is 0. The molecule has 4 rings (SSSR count). The summed E-state index contributed by atoms with van der Waals surface area (Å²) in [5.41, 5.74) is 0.849. The van der Waals surface area contributed by atoms with Gasteiger partial charge in [-0.05, 0) is 17.5 Å². The van der Waals surface area contributed by atoms with Crippen LogP contribution in [0.5, 0.6) is 0 Å². The Kier molecular flexibility index (Phi) is 7.04. The van der Waals surface area contributed by atoms with Gasteiger partial charge in [0.1, 0.15) is 10.8 Å². The predicted molar refractivity (Wildman–Crippen MR) is 127 cm³/mol. The third-order valence-electron chi connectivity index (χ3n) is 4.58. The Hall–Kier alpha value is -3.96. The number of anilines is 1. The minimum atomic E-state index is -0.844. The molecular formula is C23H16FN3O5S2. The monoisotopic (exact) mass is 497 g/mol. The van der Waals surface area contributed by atoms with E-state index in [9.17, 15) is 24.1 Å². The number of nitrogens with one attached hydrogen (secondary N) is 1. The number of nitro groups is 1. The first-order chi connectivity index (χ1) is 16.4. The van der Waals surface area contributed by atoms with E-state index in [4.69, 9.17) is 9.72 Å². The third-order valence-corrected chi connectivity index (χ3v) is 6.56. The number of benzene rings is 2. The van der Waals surface area contributed by atoms with Crippen molar-refractivity contribution >= 4 is 45.9 Å². The lowest BCUT2D eigenvalue weighted by atomic mass is 10.2. The van der Waals surface area contributed by atoms with Gasteiger partial charge in [-0.3, -0.25) is 19.7 Å². The molecule has 8 nitrogen and oxygen atoms in total. The molecule has 0 bridgehead atoms. The molecule has 0 fully saturated rings. The molecule has 1 N–H and O–H groups in total. The van der Waals surface area contributed by atoms with Gasteiger partial charge in [0.15, 0.2) is 6.61 Å². The molecule has 11 heteroatoms. The van der Waals surface area contributed by atoms with Crippen molar-refractivity contribution in [2.45, 2.75) is 6.42 Å². The average molecular weight is 498 g/mol. The van der Waals surface area contributed by atoms with Crippen LogP contribution in [0.4, 0.5) is 15.8 Å². The van der Waals surface area contributed by atoms with Crippen molar-refractivity contribution < 1.29 is 23.6 Å². The van der Waals surface area contributed by atoms with E-state index in [1.165, 1.54) is 22.7 Å². The van der Waals surface area contributed by atoms with Gasteiger partial charge >= 0.3 is 5.97 Å². The molecule has 0 saturated heterocycles. The van der Waals surface area contributed by atoms with Crippen LogP contribution in [0.15, 0.2) is 66.0 Å². The molecule has 0 saturated carbocycles. The number of aromatic nitrogens is 1. The quantitative estimate of drug-likeness (QED) is 0.201. The zero-order chi connectivity index (χ0) is 24.1. The second kappa shape index (κ2) is 10.3. The second-order valence-corrected chi connectivity index (χ2v) is 8.97. The molecule has 4 aromatic rings. The van der Waals surface area contributed by atoms with Crippen LogP contribution >= 0.6 is 22.7 Å². The highest BCUT2D eigenvalue weighted by Crippen LogP contribution is 2.36. The van der Waals surface area contributed by atoms with Crippen LogP contribution < -0.4 is 5.32 Å². The fraction of sp³-hybridized carbons (Fsp3) is 0.0870. The van der Waals surface area contributed by atoms with Gasteiger partial charge in [0.2, 0.25) is 0 Å². The molecular weight excluding hydrogens is 481 g/mol. The summed E-state index contributed by atoms with van der Waals surface area (Å²) in [6.07, 6.45) is -0.101. The molecule has 0 radical (unpaired) electrons. The number of ether oxygens (including phenoxy) is 1. The van der Waals surface area contributed by atoms with Gasteiger partial charge in [-0.25, -0.2) is 9.37 Å². The summed E-state index contributed by atoms with van der Waals surface area (Å²) < 4.78 is 18.9. The second-order valence-electron chi connectivity index (χ2n) is 6.94. The number of rotatable bonds is 8. The number of halogens is 1. The Balaban J connectivity index is 1.43. The van der Waals surface area contributed by atoms with E-state index >= 15 is 0 Å². The van der Waals surface area contributed by atoms with Gasteiger partial charge in [-0.2, -0.15) is 0 Å². The topological polar surface area (TPSA) is 111 Å². The summed E-state index contributed by atoms with van der Waals surface area (Å²) in [6.45, 7) is -0.667. The highest BCUT2D eigenvalue weighted by molar-refractivity contribution is 7.17. The first-order valence-corrected chi connectivity index (χ1v) is 11.6. The van der Waals surface area contributed by atoms with Gasteiger partial charge in [-0.1, -0.05) is 36.4 Å². The van der Waals surface area contributed by atoms with Crippen molar-refractivity contribution in [1.29, 1.82) is 0 Å². The fourth-order valence-corrected chi connectivity index (χ4v) is 4.89. The lowest BCUT2D eigenvalue weighted by Crippen LogP contribution is -2.22. The van der Waals surface area contributed by atoms with Gasteiger partial charge in [0, 0.05) is 22.6 Å². The normalized spacial score (nSPS) is 10.6. The van der Waals surface area contributed by atoms with Crippen LogP contribution in [0, 0.1) is 15.9 Å². The highest BCUT2D eigenvalue weighted by atomic mass is 32.1. The maximum atomic E-state index is 13.9.